The van der Waals surface area contributed by atoms with Crippen LogP contribution in [0.1, 0.15) is 27.4 Å². The molecule has 37 heavy (non-hydrogen) atoms. The van der Waals surface area contributed by atoms with Crippen molar-refractivity contribution in [3.05, 3.63) is 89.5 Å². The predicted molar refractivity (Wildman–Crippen MR) is 135 cm³/mol. The Morgan fingerprint density at radius 1 is 1.14 bits per heavy atom. The highest BCUT2D eigenvalue weighted by molar-refractivity contribution is 5.98. The molecule has 2 amide bonds. The largest absolute Gasteiger partial charge is 0.459 e. The Labute approximate surface area is 210 Å². The van der Waals surface area contributed by atoms with Gasteiger partial charge in [-0.15, -0.1) is 0 Å². The van der Waals surface area contributed by atoms with Gasteiger partial charge < -0.3 is 24.9 Å². The first-order valence-electron chi connectivity index (χ1n) is 11.8. The van der Waals surface area contributed by atoms with Crippen LogP contribution in [-0.4, -0.2) is 44.8 Å². The number of rotatable bonds is 5. The lowest BCUT2D eigenvalue weighted by molar-refractivity contribution is -0.125. The Bertz CT molecular complexity index is 1660. The second kappa shape index (κ2) is 9.05. The van der Waals surface area contributed by atoms with Gasteiger partial charge in [-0.3, -0.25) is 19.6 Å². The third-order valence-electron chi connectivity index (χ3n) is 6.76. The number of aromatic nitrogens is 3. The summed E-state index contributed by atoms with van der Waals surface area (Å²) in [6.07, 6.45) is 5.00. The molecule has 1 unspecified atom stereocenters. The zero-order chi connectivity index (χ0) is 25.5. The summed E-state index contributed by atoms with van der Waals surface area (Å²) in [6, 6.07) is 11.1. The molecule has 2 aromatic carbocycles. The Balaban J connectivity index is 1.27. The van der Waals surface area contributed by atoms with Crippen LogP contribution >= 0.6 is 0 Å². The number of likely N-dealkylation sites (N-methyl/N-ethyl adjacent to an activating group) is 1. The maximum atomic E-state index is 13.9. The van der Waals surface area contributed by atoms with Gasteiger partial charge >= 0.3 is 0 Å². The van der Waals surface area contributed by atoms with E-state index in [1.807, 2.05) is 18.2 Å². The van der Waals surface area contributed by atoms with Crippen molar-refractivity contribution in [1.29, 1.82) is 0 Å². The lowest BCUT2D eigenvalue weighted by Crippen LogP contribution is -2.52. The van der Waals surface area contributed by atoms with E-state index < -0.39 is 11.9 Å². The number of hydrogen-bond donors (Lipinski definition) is 3. The zero-order valence-corrected chi connectivity index (χ0v) is 19.9. The number of hydrogen-bond acceptors (Lipinski definition) is 6. The lowest BCUT2D eigenvalue weighted by Gasteiger charge is -2.34. The average molecular weight is 499 g/mol. The topological polar surface area (TPSA) is 116 Å². The molecule has 0 spiro atoms. The summed E-state index contributed by atoms with van der Waals surface area (Å²) in [5.74, 6) is -0.883. The van der Waals surface area contributed by atoms with E-state index in [2.05, 4.69) is 25.6 Å². The Kier molecular flexibility index (Phi) is 5.56. The second-order valence-corrected chi connectivity index (χ2v) is 8.93. The number of furan rings is 1. The molecule has 186 valence electrons. The number of H-pyrrole nitrogens is 1. The van der Waals surface area contributed by atoms with E-state index in [-0.39, 0.29) is 30.5 Å². The van der Waals surface area contributed by atoms with Gasteiger partial charge in [0.15, 0.2) is 5.76 Å². The van der Waals surface area contributed by atoms with Crippen molar-refractivity contribution in [2.45, 2.75) is 25.6 Å². The molecule has 0 saturated carbocycles. The molecule has 9 nitrogen and oxygen atoms in total. The molecule has 10 heteroatoms. The van der Waals surface area contributed by atoms with Crippen molar-refractivity contribution in [2.24, 2.45) is 0 Å². The maximum absolute atomic E-state index is 13.9. The van der Waals surface area contributed by atoms with Crippen LogP contribution in [0.4, 0.5) is 10.1 Å². The molecule has 0 saturated heterocycles. The minimum Gasteiger partial charge on any atom is -0.459 e. The normalized spacial score (nSPS) is 15.1. The second-order valence-electron chi connectivity index (χ2n) is 8.93. The first-order chi connectivity index (χ1) is 18.0. The first-order valence-corrected chi connectivity index (χ1v) is 11.8. The van der Waals surface area contributed by atoms with Crippen LogP contribution in [0.5, 0.6) is 0 Å². The Hall–Kier alpha value is -4.73. The van der Waals surface area contributed by atoms with Crippen molar-refractivity contribution in [1.82, 2.24) is 25.2 Å². The van der Waals surface area contributed by atoms with E-state index >= 15 is 0 Å². The number of amides is 2. The van der Waals surface area contributed by atoms with Gasteiger partial charge in [-0.05, 0) is 48.0 Å². The van der Waals surface area contributed by atoms with E-state index in [1.165, 1.54) is 30.3 Å². The third kappa shape index (κ3) is 4.06. The van der Waals surface area contributed by atoms with E-state index in [9.17, 15) is 14.0 Å². The minimum atomic E-state index is -0.766. The fourth-order valence-corrected chi connectivity index (χ4v) is 4.91. The molecular formula is C27H23FN6O3. The smallest absolute Gasteiger partial charge is 0.290 e. The summed E-state index contributed by atoms with van der Waals surface area (Å²) < 4.78 is 19.5. The summed E-state index contributed by atoms with van der Waals surface area (Å²) in [7, 11) is 1.53. The fourth-order valence-electron chi connectivity index (χ4n) is 4.91. The number of halogens is 1. The van der Waals surface area contributed by atoms with Crippen LogP contribution < -0.4 is 10.6 Å². The summed E-state index contributed by atoms with van der Waals surface area (Å²) in [4.78, 5) is 39.9. The molecule has 4 heterocycles. The van der Waals surface area contributed by atoms with Crippen molar-refractivity contribution in [3.8, 4) is 0 Å². The van der Waals surface area contributed by atoms with E-state index in [0.717, 1.165) is 38.9 Å². The van der Waals surface area contributed by atoms with Crippen molar-refractivity contribution in [3.63, 3.8) is 0 Å². The molecule has 0 bridgehead atoms. The summed E-state index contributed by atoms with van der Waals surface area (Å²) in [5.41, 5.74) is 5.40. The summed E-state index contributed by atoms with van der Waals surface area (Å²) in [6.45, 7) is 0.498. The molecular weight excluding hydrogens is 475 g/mol. The van der Waals surface area contributed by atoms with Gasteiger partial charge in [0.1, 0.15) is 11.9 Å². The number of nitrogens with one attached hydrogen (secondary N) is 3. The number of carbonyl (C=O) groups is 2. The number of anilines is 1. The summed E-state index contributed by atoms with van der Waals surface area (Å²) in [5, 5.41) is 6.68. The highest BCUT2D eigenvalue weighted by Crippen LogP contribution is 2.32. The predicted octanol–water partition coefficient (Wildman–Crippen LogP) is 3.77. The van der Waals surface area contributed by atoms with Crippen molar-refractivity contribution < 1.29 is 18.4 Å². The van der Waals surface area contributed by atoms with Crippen LogP contribution in [0.15, 0.2) is 65.5 Å². The number of aromatic amines is 1. The van der Waals surface area contributed by atoms with E-state index in [0.29, 0.717) is 12.1 Å². The zero-order valence-electron chi connectivity index (χ0n) is 19.9. The minimum absolute atomic E-state index is 0.160. The van der Waals surface area contributed by atoms with Gasteiger partial charge in [-0.1, -0.05) is 0 Å². The van der Waals surface area contributed by atoms with Gasteiger partial charge in [0, 0.05) is 60.3 Å². The molecule has 1 aliphatic rings. The van der Waals surface area contributed by atoms with Crippen LogP contribution in [0.25, 0.3) is 21.9 Å². The SMILES string of the molecule is CNC(=O)C1Cc2c([nH]c3ccc(F)cc23)CN1C(=O)c1occc1CNc1ccc2nccnc2c1. The molecule has 6 rings (SSSR count). The van der Waals surface area contributed by atoms with E-state index in [1.54, 1.807) is 24.5 Å². The quantitative estimate of drug-likeness (QED) is 0.340. The Morgan fingerprint density at radius 2 is 1.97 bits per heavy atom. The van der Waals surface area contributed by atoms with Crippen LogP contribution in [0.2, 0.25) is 0 Å². The van der Waals surface area contributed by atoms with Gasteiger partial charge in [-0.2, -0.15) is 0 Å². The van der Waals surface area contributed by atoms with Gasteiger partial charge in [0.2, 0.25) is 5.91 Å². The molecule has 3 aromatic heterocycles. The van der Waals surface area contributed by atoms with Crippen LogP contribution in [0.3, 0.4) is 0 Å². The van der Waals surface area contributed by atoms with Crippen molar-refractivity contribution in [2.75, 3.05) is 12.4 Å². The monoisotopic (exact) mass is 498 g/mol. The maximum Gasteiger partial charge on any atom is 0.290 e. The lowest BCUT2D eigenvalue weighted by atomic mass is 9.95. The molecule has 3 N–H and O–H groups in total. The van der Waals surface area contributed by atoms with Gasteiger partial charge in [-0.25, -0.2) is 4.39 Å². The fraction of sp³-hybridized carbons (Fsp3) is 0.185. The molecule has 0 aliphatic carbocycles. The standard InChI is InChI=1S/C27H23FN6O3/c1-29-26(35)24-12-19-18-10-16(28)2-4-20(18)33-23(19)14-34(24)27(36)25-15(6-9-37-25)13-32-17-3-5-21-22(11-17)31-8-7-30-21/h2-11,24,32-33H,12-14H2,1H3,(H,29,35). The first kappa shape index (κ1) is 22.7. The van der Waals surface area contributed by atoms with Gasteiger partial charge in [0.05, 0.1) is 23.8 Å². The molecule has 5 aromatic rings. The number of benzene rings is 2. The number of fused-ring (bicyclic) bond motifs is 4. The van der Waals surface area contributed by atoms with E-state index in [4.69, 9.17) is 4.42 Å². The van der Waals surface area contributed by atoms with Crippen LogP contribution in [-0.2, 0) is 24.3 Å². The molecule has 1 atom stereocenters. The summed E-state index contributed by atoms with van der Waals surface area (Å²) >= 11 is 0. The van der Waals surface area contributed by atoms with Gasteiger partial charge in [0.25, 0.3) is 5.91 Å². The third-order valence-corrected chi connectivity index (χ3v) is 6.76. The average Bonchev–Trinajstić information content (AvgIpc) is 3.54. The van der Waals surface area contributed by atoms with Crippen molar-refractivity contribution >= 4 is 39.4 Å². The molecule has 1 aliphatic heterocycles. The molecule has 0 radical (unpaired) electrons. The molecule has 0 fully saturated rings. The number of nitrogens with zero attached hydrogens (tertiary/aromatic N) is 3. The number of carbonyl (C=O) groups excluding carboxylic acids is 2. The highest BCUT2D eigenvalue weighted by atomic mass is 19.1. The highest BCUT2D eigenvalue weighted by Gasteiger charge is 2.38. The Morgan fingerprint density at radius 3 is 2.81 bits per heavy atom. The van der Waals surface area contributed by atoms with Crippen LogP contribution in [0, 0.1) is 5.82 Å².